The van der Waals surface area contributed by atoms with Crippen molar-refractivity contribution in [3.05, 3.63) is 48.0 Å². The van der Waals surface area contributed by atoms with Gasteiger partial charge < -0.3 is 0 Å². The third kappa shape index (κ3) is 1.66. The molecule has 0 N–H and O–H groups in total. The quantitative estimate of drug-likeness (QED) is 0.723. The van der Waals surface area contributed by atoms with Gasteiger partial charge in [-0.3, -0.25) is 4.79 Å². The zero-order valence-corrected chi connectivity index (χ0v) is 10.9. The third-order valence-corrected chi connectivity index (χ3v) is 4.43. The minimum absolute atomic E-state index is 0.206. The number of carbonyl (C=O) groups is 1. The molecule has 1 aliphatic carbocycles. The fraction of sp³-hybridized carbons (Fsp3) is 0.353. The van der Waals surface area contributed by atoms with Crippen molar-refractivity contribution in [3.8, 4) is 0 Å². The Bertz CT molecular complexity index is 610. The van der Waals surface area contributed by atoms with Crippen molar-refractivity contribution in [1.29, 1.82) is 0 Å². The van der Waals surface area contributed by atoms with E-state index >= 15 is 0 Å². The van der Waals surface area contributed by atoms with Crippen LogP contribution in [-0.2, 0) is 4.79 Å². The Morgan fingerprint density at radius 1 is 1.06 bits per heavy atom. The first kappa shape index (κ1) is 11.5. The van der Waals surface area contributed by atoms with Crippen molar-refractivity contribution in [2.24, 2.45) is 5.41 Å². The fourth-order valence-corrected chi connectivity index (χ4v) is 3.16. The molecule has 0 spiro atoms. The summed E-state index contributed by atoms with van der Waals surface area (Å²) in [6.45, 7) is 4.17. The van der Waals surface area contributed by atoms with Crippen molar-refractivity contribution in [3.63, 3.8) is 0 Å². The molecule has 0 aliphatic heterocycles. The summed E-state index contributed by atoms with van der Waals surface area (Å²) in [7, 11) is 0. The van der Waals surface area contributed by atoms with Gasteiger partial charge in [0, 0.05) is 11.8 Å². The lowest BCUT2D eigenvalue weighted by Gasteiger charge is -2.26. The normalized spacial score (nSPS) is 22.6. The molecule has 18 heavy (non-hydrogen) atoms. The molecular weight excluding hydrogens is 220 g/mol. The second-order valence-corrected chi connectivity index (χ2v) is 5.84. The van der Waals surface area contributed by atoms with Crippen LogP contribution >= 0.6 is 0 Å². The van der Waals surface area contributed by atoms with Gasteiger partial charge in [-0.15, -0.1) is 0 Å². The highest BCUT2D eigenvalue weighted by molar-refractivity contribution is 5.88. The topological polar surface area (TPSA) is 17.1 Å². The standard InChI is InChI=1S/C17H18O/c1-17(2)15(9-10-16(17)18)14-8-7-12-5-3-4-6-13(12)11-14/h3-8,11,15H,9-10H2,1-2H3. The predicted molar refractivity (Wildman–Crippen MR) is 74.7 cm³/mol. The summed E-state index contributed by atoms with van der Waals surface area (Å²) in [6.07, 6.45) is 1.72. The molecule has 0 radical (unpaired) electrons. The van der Waals surface area contributed by atoms with Crippen LogP contribution in [0.4, 0.5) is 0 Å². The highest BCUT2D eigenvalue weighted by atomic mass is 16.1. The first-order valence-corrected chi connectivity index (χ1v) is 6.61. The average Bonchev–Trinajstić information content (AvgIpc) is 2.64. The SMILES string of the molecule is CC1(C)C(=O)CCC1c1ccc2ccccc2c1. The van der Waals surface area contributed by atoms with Gasteiger partial charge in [-0.2, -0.15) is 0 Å². The number of ketones is 1. The number of benzene rings is 2. The molecule has 0 amide bonds. The molecule has 92 valence electrons. The minimum Gasteiger partial charge on any atom is -0.299 e. The molecule has 2 aromatic carbocycles. The van der Waals surface area contributed by atoms with Crippen LogP contribution in [-0.4, -0.2) is 5.78 Å². The second kappa shape index (κ2) is 3.94. The lowest BCUT2D eigenvalue weighted by Crippen LogP contribution is -2.23. The summed E-state index contributed by atoms with van der Waals surface area (Å²) in [5, 5.41) is 2.54. The number of hydrogen-bond donors (Lipinski definition) is 0. The molecular formula is C17H18O. The molecule has 1 saturated carbocycles. The van der Waals surface area contributed by atoms with E-state index in [9.17, 15) is 4.79 Å². The maximum Gasteiger partial charge on any atom is 0.139 e. The number of rotatable bonds is 1. The summed E-state index contributed by atoms with van der Waals surface area (Å²) in [5.41, 5.74) is 1.10. The molecule has 1 nitrogen and oxygen atoms in total. The lowest BCUT2D eigenvalue weighted by atomic mass is 9.77. The molecule has 0 bridgehead atoms. The van der Waals surface area contributed by atoms with Crippen molar-refractivity contribution in [2.75, 3.05) is 0 Å². The van der Waals surface area contributed by atoms with Gasteiger partial charge in [0.1, 0.15) is 5.78 Å². The maximum atomic E-state index is 11.9. The van der Waals surface area contributed by atoms with Gasteiger partial charge >= 0.3 is 0 Å². The van der Waals surface area contributed by atoms with Crippen LogP contribution < -0.4 is 0 Å². The third-order valence-electron chi connectivity index (χ3n) is 4.43. The Morgan fingerprint density at radius 3 is 2.44 bits per heavy atom. The predicted octanol–water partition coefficient (Wildman–Crippen LogP) is 4.31. The molecule has 1 aliphatic rings. The molecule has 1 unspecified atom stereocenters. The van der Waals surface area contributed by atoms with Crippen LogP contribution in [0.25, 0.3) is 10.8 Å². The van der Waals surface area contributed by atoms with E-state index in [-0.39, 0.29) is 5.41 Å². The number of fused-ring (bicyclic) bond motifs is 1. The first-order chi connectivity index (χ1) is 8.59. The van der Waals surface area contributed by atoms with E-state index in [4.69, 9.17) is 0 Å². The van der Waals surface area contributed by atoms with E-state index in [1.54, 1.807) is 0 Å². The molecule has 1 heteroatoms. The maximum absolute atomic E-state index is 11.9. The Labute approximate surface area is 108 Å². The van der Waals surface area contributed by atoms with E-state index in [0.717, 1.165) is 12.8 Å². The van der Waals surface area contributed by atoms with Gasteiger partial charge in [0.15, 0.2) is 0 Å². The van der Waals surface area contributed by atoms with Crippen molar-refractivity contribution >= 4 is 16.6 Å². The molecule has 3 rings (SSSR count). The van der Waals surface area contributed by atoms with Crippen LogP contribution in [0.1, 0.15) is 38.2 Å². The monoisotopic (exact) mass is 238 g/mol. The van der Waals surface area contributed by atoms with E-state index in [1.807, 2.05) is 0 Å². The Morgan fingerprint density at radius 2 is 1.78 bits per heavy atom. The number of carbonyl (C=O) groups excluding carboxylic acids is 1. The highest BCUT2D eigenvalue weighted by Gasteiger charge is 2.42. The van der Waals surface area contributed by atoms with Crippen molar-refractivity contribution in [2.45, 2.75) is 32.6 Å². The minimum atomic E-state index is -0.206. The smallest absolute Gasteiger partial charge is 0.139 e. The Balaban J connectivity index is 2.07. The zero-order chi connectivity index (χ0) is 12.8. The molecule has 2 aromatic rings. The van der Waals surface area contributed by atoms with Gasteiger partial charge in [-0.1, -0.05) is 56.3 Å². The highest BCUT2D eigenvalue weighted by Crippen LogP contribution is 2.46. The summed E-state index contributed by atoms with van der Waals surface area (Å²) < 4.78 is 0. The van der Waals surface area contributed by atoms with Crippen LogP contribution in [0.5, 0.6) is 0 Å². The largest absolute Gasteiger partial charge is 0.299 e. The molecule has 0 heterocycles. The van der Waals surface area contributed by atoms with Crippen LogP contribution in [0.2, 0.25) is 0 Å². The van der Waals surface area contributed by atoms with Gasteiger partial charge in [-0.25, -0.2) is 0 Å². The van der Waals surface area contributed by atoms with E-state index in [0.29, 0.717) is 11.7 Å². The Hall–Kier alpha value is -1.63. The average molecular weight is 238 g/mol. The van der Waals surface area contributed by atoms with Gasteiger partial charge in [0.05, 0.1) is 0 Å². The number of hydrogen-bond acceptors (Lipinski definition) is 1. The molecule has 1 atom stereocenters. The fourth-order valence-electron chi connectivity index (χ4n) is 3.16. The lowest BCUT2D eigenvalue weighted by molar-refractivity contribution is -0.124. The Kier molecular flexibility index (Phi) is 2.51. The van der Waals surface area contributed by atoms with Crippen molar-refractivity contribution < 1.29 is 4.79 Å². The summed E-state index contributed by atoms with van der Waals surface area (Å²) >= 11 is 0. The summed E-state index contributed by atoms with van der Waals surface area (Å²) in [4.78, 5) is 11.9. The van der Waals surface area contributed by atoms with Gasteiger partial charge in [0.25, 0.3) is 0 Å². The van der Waals surface area contributed by atoms with Gasteiger partial charge in [0.2, 0.25) is 0 Å². The first-order valence-electron chi connectivity index (χ1n) is 6.61. The molecule has 0 saturated heterocycles. The van der Waals surface area contributed by atoms with E-state index < -0.39 is 0 Å². The zero-order valence-electron chi connectivity index (χ0n) is 10.9. The molecule has 1 fully saturated rings. The molecule has 0 aromatic heterocycles. The van der Waals surface area contributed by atoms with E-state index in [1.165, 1.54) is 16.3 Å². The van der Waals surface area contributed by atoms with Crippen molar-refractivity contribution in [1.82, 2.24) is 0 Å². The summed E-state index contributed by atoms with van der Waals surface area (Å²) in [5.74, 6) is 0.773. The second-order valence-electron chi connectivity index (χ2n) is 5.84. The number of Topliss-reactive ketones (excluding diaryl/α,β-unsaturated/α-hetero) is 1. The van der Waals surface area contributed by atoms with E-state index in [2.05, 4.69) is 56.3 Å². The van der Waals surface area contributed by atoms with Gasteiger partial charge in [-0.05, 0) is 28.7 Å². The summed E-state index contributed by atoms with van der Waals surface area (Å²) in [6, 6.07) is 15.0. The van der Waals surface area contributed by atoms with Crippen LogP contribution in [0.15, 0.2) is 42.5 Å². The van der Waals surface area contributed by atoms with Crippen LogP contribution in [0, 0.1) is 5.41 Å². The van der Waals surface area contributed by atoms with Crippen LogP contribution in [0.3, 0.4) is 0 Å².